The van der Waals surface area contributed by atoms with Crippen LogP contribution in [-0.2, 0) is 4.74 Å². The second-order valence-electron chi connectivity index (χ2n) is 3.66. The number of rotatable bonds is 3. The van der Waals surface area contributed by atoms with Gasteiger partial charge in [0.05, 0.1) is 0 Å². The molecule has 1 aliphatic rings. The standard InChI is InChI=1S/C10H14N4O2/c11-9(15)8-1-4-12-10(14-8)13-7-2-5-16-6-3-7/h1,4,7H,2-3,5-6H2,(H2,11,15)(H,12,13,14). The fraction of sp³-hybridized carbons (Fsp3) is 0.500. The van der Waals surface area contributed by atoms with Crippen molar-refractivity contribution in [2.75, 3.05) is 18.5 Å². The number of nitrogens with one attached hydrogen (secondary N) is 1. The van der Waals surface area contributed by atoms with E-state index in [0.717, 1.165) is 26.1 Å². The first-order valence-corrected chi connectivity index (χ1v) is 5.23. The molecule has 0 spiro atoms. The number of anilines is 1. The lowest BCUT2D eigenvalue weighted by Crippen LogP contribution is -2.29. The molecular weight excluding hydrogens is 208 g/mol. The summed E-state index contributed by atoms with van der Waals surface area (Å²) in [7, 11) is 0. The highest BCUT2D eigenvalue weighted by Gasteiger charge is 2.14. The fourth-order valence-corrected chi connectivity index (χ4v) is 1.59. The Kier molecular flexibility index (Phi) is 3.31. The lowest BCUT2D eigenvalue weighted by molar-refractivity contribution is 0.0902. The smallest absolute Gasteiger partial charge is 0.267 e. The number of nitrogens with zero attached hydrogens (tertiary/aromatic N) is 2. The zero-order valence-electron chi connectivity index (χ0n) is 8.85. The average molecular weight is 222 g/mol. The van der Waals surface area contributed by atoms with Crippen molar-refractivity contribution >= 4 is 11.9 Å². The van der Waals surface area contributed by atoms with Crippen LogP contribution in [0.5, 0.6) is 0 Å². The maximum absolute atomic E-state index is 10.9. The van der Waals surface area contributed by atoms with Crippen LogP contribution < -0.4 is 11.1 Å². The summed E-state index contributed by atoms with van der Waals surface area (Å²) in [4.78, 5) is 19.0. The van der Waals surface area contributed by atoms with Crippen LogP contribution in [0.2, 0.25) is 0 Å². The normalized spacial score (nSPS) is 17.0. The Labute approximate surface area is 93.2 Å². The van der Waals surface area contributed by atoms with Crippen LogP contribution in [0.4, 0.5) is 5.95 Å². The maximum Gasteiger partial charge on any atom is 0.267 e. The zero-order valence-corrected chi connectivity index (χ0v) is 8.85. The van der Waals surface area contributed by atoms with Gasteiger partial charge < -0.3 is 15.8 Å². The van der Waals surface area contributed by atoms with Crippen molar-refractivity contribution in [3.63, 3.8) is 0 Å². The van der Waals surface area contributed by atoms with Gasteiger partial charge >= 0.3 is 0 Å². The van der Waals surface area contributed by atoms with Crippen LogP contribution in [-0.4, -0.2) is 35.1 Å². The molecule has 1 aromatic heterocycles. The van der Waals surface area contributed by atoms with Crippen molar-refractivity contribution in [1.29, 1.82) is 0 Å². The minimum atomic E-state index is -0.544. The molecule has 86 valence electrons. The monoisotopic (exact) mass is 222 g/mol. The van der Waals surface area contributed by atoms with Gasteiger partial charge in [-0.15, -0.1) is 0 Å². The number of ether oxygens (including phenoxy) is 1. The van der Waals surface area contributed by atoms with Crippen LogP contribution in [0, 0.1) is 0 Å². The van der Waals surface area contributed by atoms with Gasteiger partial charge in [-0.05, 0) is 18.9 Å². The molecule has 1 saturated heterocycles. The predicted octanol–water partition coefficient (Wildman–Crippen LogP) is 0.166. The quantitative estimate of drug-likeness (QED) is 0.760. The molecule has 6 heteroatoms. The van der Waals surface area contributed by atoms with E-state index < -0.39 is 5.91 Å². The summed E-state index contributed by atoms with van der Waals surface area (Å²) in [5, 5.41) is 3.17. The summed E-state index contributed by atoms with van der Waals surface area (Å²) in [5.41, 5.74) is 5.37. The second kappa shape index (κ2) is 4.89. The van der Waals surface area contributed by atoms with E-state index in [2.05, 4.69) is 15.3 Å². The first-order valence-electron chi connectivity index (χ1n) is 5.23. The topological polar surface area (TPSA) is 90.1 Å². The number of carbonyl (C=O) groups excluding carboxylic acids is 1. The summed E-state index contributed by atoms with van der Waals surface area (Å²) < 4.78 is 5.24. The molecule has 2 rings (SSSR count). The molecule has 6 nitrogen and oxygen atoms in total. The summed E-state index contributed by atoms with van der Waals surface area (Å²) in [6.45, 7) is 1.49. The van der Waals surface area contributed by atoms with Gasteiger partial charge in [0.2, 0.25) is 5.95 Å². The lowest BCUT2D eigenvalue weighted by Gasteiger charge is -2.22. The van der Waals surface area contributed by atoms with Crippen molar-refractivity contribution in [3.05, 3.63) is 18.0 Å². The third-order valence-corrected chi connectivity index (χ3v) is 2.46. The predicted molar refractivity (Wildman–Crippen MR) is 58.0 cm³/mol. The number of nitrogens with two attached hydrogens (primary N) is 1. The number of hydrogen-bond donors (Lipinski definition) is 2. The summed E-state index contributed by atoms with van der Waals surface area (Å²) in [5.74, 6) is -0.0966. The van der Waals surface area contributed by atoms with Gasteiger partial charge in [-0.25, -0.2) is 9.97 Å². The number of aromatic nitrogens is 2. The Morgan fingerprint density at radius 1 is 1.50 bits per heavy atom. The van der Waals surface area contributed by atoms with E-state index in [1.54, 1.807) is 0 Å². The molecule has 0 bridgehead atoms. The van der Waals surface area contributed by atoms with Crippen molar-refractivity contribution < 1.29 is 9.53 Å². The van der Waals surface area contributed by atoms with Crippen molar-refractivity contribution in [2.24, 2.45) is 5.73 Å². The largest absolute Gasteiger partial charge is 0.381 e. The maximum atomic E-state index is 10.9. The molecular formula is C10H14N4O2. The van der Waals surface area contributed by atoms with Gasteiger partial charge in [0.15, 0.2) is 0 Å². The Balaban J connectivity index is 2.02. The van der Waals surface area contributed by atoms with E-state index in [-0.39, 0.29) is 5.69 Å². The van der Waals surface area contributed by atoms with Gasteiger partial charge in [-0.2, -0.15) is 0 Å². The molecule has 0 aromatic carbocycles. The molecule has 1 aromatic rings. The molecule has 0 aliphatic carbocycles. The lowest BCUT2D eigenvalue weighted by atomic mass is 10.1. The Morgan fingerprint density at radius 3 is 2.94 bits per heavy atom. The molecule has 2 heterocycles. The van der Waals surface area contributed by atoms with Crippen molar-refractivity contribution in [1.82, 2.24) is 9.97 Å². The van der Waals surface area contributed by atoms with E-state index in [0.29, 0.717) is 12.0 Å². The minimum Gasteiger partial charge on any atom is -0.381 e. The van der Waals surface area contributed by atoms with Crippen molar-refractivity contribution in [2.45, 2.75) is 18.9 Å². The average Bonchev–Trinajstić information content (AvgIpc) is 2.30. The number of primary amides is 1. The molecule has 16 heavy (non-hydrogen) atoms. The third-order valence-electron chi connectivity index (χ3n) is 2.46. The highest BCUT2D eigenvalue weighted by molar-refractivity contribution is 5.90. The number of amides is 1. The fourth-order valence-electron chi connectivity index (χ4n) is 1.59. The third kappa shape index (κ3) is 2.66. The number of carbonyl (C=O) groups is 1. The van der Waals surface area contributed by atoms with Crippen LogP contribution in [0.25, 0.3) is 0 Å². The Hall–Kier alpha value is -1.69. The number of hydrogen-bond acceptors (Lipinski definition) is 5. The molecule has 1 amide bonds. The molecule has 0 unspecified atom stereocenters. The molecule has 3 N–H and O–H groups in total. The first kappa shape index (κ1) is 10.8. The van der Waals surface area contributed by atoms with Crippen molar-refractivity contribution in [3.8, 4) is 0 Å². The highest BCUT2D eigenvalue weighted by Crippen LogP contribution is 2.11. The van der Waals surface area contributed by atoms with Gasteiger partial charge in [-0.1, -0.05) is 0 Å². The minimum absolute atomic E-state index is 0.226. The Morgan fingerprint density at radius 2 is 2.25 bits per heavy atom. The van der Waals surface area contributed by atoms with Crippen LogP contribution in [0.3, 0.4) is 0 Å². The van der Waals surface area contributed by atoms with Gasteiger partial charge in [0.25, 0.3) is 5.91 Å². The Bertz CT molecular complexity index is 377. The highest BCUT2D eigenvalue weighted by atomic mass is 16.5. The van der Waals surface area contributed by atoms with E-state index in [1.807, 2.05) is 0 Å². The van der Waals surface area contributed by atoms with Gasteiger partial charge in [0.1, 0.15) is 5.69 Å². The van der Waals surface area contributed by atoms with E-state index in [9.17, 15) is 4.79 Å². The molecule has 1 aliphatic heterocycles. The molecule has 0 saturated carbocycles. The zero-order chi connectivity index (χ0) is 11.4. The summed E-state index contributed by atoms with van der Waals surface area (Å²) in [6, 6.07) is 1.80. The molecule has 1 fully saturated rings. The van der Waals surface area contributed by atoms with Gasteiger partial charge in [-0.3, -0.25) is 4.79 Å². The van der Waals surface area contributed by atoms with Gasteiger partial charge in [0, 0.05) is 25.5 Å². The first-order chi connectivity index (χ1) is 7.75. The van der Waals surface area contributed by atoms with E-state index >= 15 is 0 Å². The SMILES string of the molecule is NC(=O)c1ccnc(NC2CCOCC2)n1. The van der Waals surface area contributed by atoms with E-state index in [4.69, 9.17) is 10.5 Å². The second-order valence-corrected chi connectivity index (χ2v) is 3.66. The van der Waals surface area contributed by atoms with Crippen LogP contribution in [0.15, 0.2) is 12.3 Å². The molecule has 0 atom stereocenters. The summed E-state index contributed by atoms with van der Waals surface area (Å²) >= 11 is 0. The van der Waals surface area contributed by atoms with Crippen LogP contribution in [0.1, 0.15) is 23.3 Å². The molecule has 0 radical (unpaired) electrons. The van der Waals surface area contributed by atoms with E-state index in [1.165, 1.54) is 12.3 Å². The summed E-state index contributed by atoms with van der Waals surface area (Å²) in [6.07, 6.45) is 3.36. The van der Waals surface area contributed by atoms with Crippen LogP contribution >= 0.6 is 0 Å².